The van der Waals surface area contributed by atoms with Gasteiger partial charge in [0.15, 0.2) is 0 Å². The van der Waals surface area contributed by atoms with Crippen LogP contribution in [0.4, 0.5) is 4.79 Å². The van der Waals surface area contributed by atoms with E-state index in [2.05, 4.69) is 12.2 Å². The Labute approximate surface area is 126 Å². The molecule has 0 unspecified atom stereocenters. The normalized spacial score (nSPS) is 25.4. The predicted molar refractivity (Wildman–Crippen MR) is 80.2 cm³/mol. The minimum absolute atomic E-state index is 0.211. The highest BCUT2D eigenvalue weighted by Gasteiger charge is 2.41. The van der Waals surface area contributed by atoms with E-state index in [1.807, 2.05) is 0 Å². The molecule has 2 amide bonds. The first-order valence-corrected chi connectivity index (χ1v) is 7.62. The highest BCUT2D eigenvalue weighted by molar-refractivity contribution is 5.78. The van der Waals surface area contributed by atoms with Crippen molar-refractivity contribution in [2.45, 2.75) is 39.0 Å². The summed E-state index contributed by atoms with van der Waals surface area (Å²) in [4.78, 5) is 25.2. The maximum atomic E-state index is 12.0. The molecule has 1 aliphatic carbocycles. The van der Waals surface area contributed by atoms with E-state index in [4.69, 9.17) is 4.74 Å². The number of ether oxygens (including phenoxy) is 1. The molecule has 6 heteroatoms. The molecule has 0 aromatic rings. The summed E-state index contributed by atoms with van der Waals surface area (Å²) in [5.74, 6) is -0.221. The van der Waals surface area contributed by atoms with Crippen molar-refractivity contribution >= 4 is 12.0 Å². The predicted octanol–water partition coefficient (Wildman–Crippen LogP) is 1.95. The molecule has 0 heterocycles. The van der Waals surface area contributed by atoms with E-state index < -0.39 is 11.4 Å². The lowest BCUT2D eigenvalue weighted by Crippen LogP contribution is -2.48. The van der Waals surface area contributed by atoms with Crippen molar-refractivity contribution in [3.8, 4) is 0 Å². The SMILES string of the molecule is COCCCN(C)C(=O)NCC1(C(=O)O)CCC(C)CC1. The van der Waals surface area contributed by atoms with Gasteiger partial charge < -0.3 is 20.1 Å². The Bertz CT molecular complexity index is 352. The average Bonchev–Trinajstić information content (AvgIpc) is 2.46. The van der Waals surface area contributed by atoms with Gasteiger partial charge in [0.1, 0.15) is 0 Å². The van der Waals surface area contributed by atoms with E-state index in [1.54, 1.807) is 19.1 Å². The largest absolute Gasteiger partial charge is 0.481 e. The van der Waals surface area contributed by atoms with Gasteiger partial charge in [0.25, 0.3) is 0 Å². The van der Waals surface area contributed by atoms with Crippen LogP contribution in [0, 0.1) is 11.3 Å². The Morgan fingerprint density at radius 2 is 2.00 bits per heavy atom. The Hall–Kier alpha value is -1.30. The van der Waals surface area contributed by atoms with Crippen molar-refractivity contribution in [1.29, 1.82) is 0 Å². The van der Waals surface area contributed by atoms with Gasteiger partial charge in [-0.25, -0.2) is 4.79 Å². The Balaban J connectivity index is 2.46. The Kier molecular flexibility index (Phi) is 6.95. The topological polar surface area (TPSA) is 78.9 Å². The van der Waals surface area contributed by atoms with Crippen LogP contribution in [0.25, 0.3) is 0 Å². The summed E-state index contributed by atoms with van der Waals surface area (Å²) in [6.45, 7) is 3.56. The maximum Gasteiger partial charge on any atom is 0.317 e. The number of nitrogens with one attached hydrogen (secondary N) is 1. The van der Waals surface area contributed by atoms with Gasteiger partial charge in [-0.15, -0.1) is 0 Å². The Morgan fingerprint density at radius 3 is 2.52 bits per heavy atom. The molecule has 21 heavy (non-hydrogen) atoms. The first kappa shape index (κ1) is 17.8. The second kappa shape index (κ2) is 8.22. The van der Waals surface area contributed by atoms with Gasteiger partial charge in [0.05, 0.1) is 5.41 Å². The standard InChI is InChI=1S/C15H28N2O4/c1-12-5-7-15(8-6-12,13(18)19)11-16-14(20)17(2)9-4-10-21-3/h12H,4-11H2,1-3H3,(H,16,20)(H,18,19). The fourth-order valence-corrected chi connectivity index (χ4v) is 2.71. The van der Waals surface area contributed by atoms with Crippen LogP contribution >= 0.6 is 0 Å². The van der Waals surface area contributed by atoms with E-state index in [0.29, 0.717) is 31.9 Å². The molecule has 0 saturated heterocycles. The van der Waals surface area contributed by atoms with Crippen molar-refractivity contribution in [2.75, 3.05) is 33.9 Å². The number of hydrogen-bond acceptors (Lipinski definition) is 3. The number of carbonyl (C=O) groups is 2. The van der Waals surface area contributed by atoms with Gasteiger partial charge in [-0.05, 0) is 38.0 Å². The second-order valence-corrected chi connectivity index (χ2v) is 6.19. The fourth-order valence-electron chi connectivity index (χ4n) is 2.71. The highest BCUT2D eigenvalue weighted by atomic mass is 16.5. The number of methoxy groups -OCH3 is 1. The van der Waals surface area contributed by atoms with Crippen LogP contribution in [-0.2, 0) is 9.53 Å². The molecule has 0 spiro atoms. The quantitative estimate of drug-likeness (QED) is 0.704. The number of rotatable bonds is 7. The lowest BCUT2D eigenvalue weighted by atomic mass is 9.71. The van der Waals surface area contributed by atoms with Crippen LogP contribution in [0.1, 0.15) is 39.0 Å². The molecule has 0 atom stereocenters. The zero-order valence-corrected chi connectivity index (χ0v) is 13.4. The van der Waals surface area contributed by atoms with Gasteiger partial charge in [0, 0.05) is 33.9 Å². The van der Waals surface area contributed by atoms with E-state index in [-0.39, 0.29) is 12.6 Å². The molecule has 0 bridgehead atoms. The maximum absolute atomic E-state index is 12.0. The summed E-state index contributed by atoms with van der Waals surface area (Å²) in [5, 5.41) is 12.3. The molecule has 0 aromatic heterocycles. The lowest BCUT2D eigenvalue weighted by Gasteiger charge is -2.36. The van der Waals surface area contributed by atoms with Crippen molar-refractivity contribution in [1.82, 2.24) is 10.2 Å². The van der Waals surface area contributed by atoms with Crippen LogP contribution in [0.3, 0.4) is 0 Å². The molecule has 2 N–H and O–H groups in total. The van der Waals surface area contributed by atoms with Crippen molar-refractivity contribution in [2.24, 2.45) is 11.3 Å². The average molecular weight is 300 g/mol. The van der Waals surface area contributed by atoms with Gasteiger partial charge in [0.2, 0.25) is 0 Å². The molecular weight excluding hydrogens is 272 g/mol. The lowest BCUT2D eigenvalue weighted by molar-refractivity contribution is -0.151. The third-order valence-corrected chi connectivity index (χ3v) is 4.45. The Morgan fingerprint density at radius 1 is 1.38 bits per heavy atom. The number of nitrogens with zero attached hydrogens (tertiary/aromatic N) is 1. The van der Waals surface area contributed by atoms with Crippen LogP contribution in [0.2, 0.25) is 0 Å². The molecule has 1 aliphatic rings. The van der Waals surface area contributed by atoms with E-state index in [9.17, 15) is 14.7 Å². The molecule has 0 aliphatic heterocycles. The summed E-state index contributed by atoms with van der Waals surface area (Å²) in [7, 11) is 3.34. The summed E-state index contributed by atoms with van der Waals surface area (Å²) in [5.41, 5.74) is -0.796. The smallest absolute Gasteiger partial charge is 0.317 e. The van der Waals surface area contributed by atoms with Gasteiger partial charge in [-0.2, -0.15) is 0 Å². The zero-order chi connectivity index (χ0) is 15.9. The summed E-state index contributed by atoms with van der Waals surface area (Å²) in [6, 6.07) is -0.217. The molecule has 6 nitrogen and oxygen atoms in total. The van der Waals surface area contributed by atoms with Crippen molar-refractivity contribution < 1.29 is 19.4 Å². The first-order valence-electron chi connectivity index (χ1n) is 7.62. The molecule has 122 valence electrons. The van der Waals surface area contributed by atoms with Crippen LogP contribution in [0.15, 0.2) is 0 Å². The van der Waals surface area contributed by atoms with Crippen molar-refractivity contribution in [3.63, 3.8) is 0 Å². The number of carboxylic acids is 1. The minimum Gasteiger partial charge on any atom is -0.481 e. The molecule has 0 radical (unpaired) electrons. The third kappa shape index (κ3) is 5.19. The second-order valence-electron chi connectivity index (χ2n) is 6.19. The number of hydrogen-bond donors (Lipinski definition) is 2. The number of urea groups is 1. The zero-order valence-electron chi connectivity index (χ0n) is 13.4. The van der Waals surface area contributed by atoms with Gasteiger partial charge in [-0.3, -0.25) is 4.79 Å². The number of aliphatic carboxylic acids is 1. The third-order valence-electron chi connectivity index (χ3n) is 4.45. The number of carbonyl (C=O) groups excluding carboxylic acids is 1. The fraction of sp³-hybridized carbons (Fsp3) is 0.867. The number of carboxylic acid groups (broad SMARTS) is 1. The summed E-state index contributed by atoms with van der Waals surface area (Å²) in [6.07, 6.45) is 3.86. The molecule has 1 rings (SSSR count). The molecule has 1 fully saturated rings. The molecule has 0 aromatic carbocycles. The van der Waals surface area contributed by atoms with E-state index >= 15 is 0 Å². The monoisotopic (exact) mass is 300 g/mol. The molecular formula is C15H28N2O4. The number of amides is 2. The first-order chi connectivity index (χ1) is 9.91. The van der Waals surface area contributed by atoms with Crippen LogP contribution < -0.4 is 5.32 Å². The summed E-state index contributed by atoms with van der Waals surface area (Å²) >= 11 is 0. The summed E-state index contributed by atoms with van der Waals surface area (Å²) < 4.78 is 4.95. The van der Waals surface area contributed by atoms with Crippen LogP contribution in [0.5, 0.6) is 0 Å². The highest BCUT2D eigenvalue weighted by Crippen LogP contribution is 2.38. The molecule has 1 saturated carbocycles. The van der Waals surface area contributed by atoms with E-state index in [0.717, 1.165) is 19.3 Å². The van der Waals surface area contributed by atoms with Gasteiger partial charge in [-0.1, -0.05) is 6.92 Å². The van der Waals surface area contributed by atoms with Crippen molar-refractivity contribution in [3.05, 3.63) is 0 Å². The van der Waals surface area contributed by atoms with Crippen LogP contribution in [-0.4, -0.2) is 55.9 Å². The minimum atomic E-state index is -0.796. The van der Waals surface area contributed by atoms with Gasteiger partial charge >= 0.3 is 12.0 Å². The van der Waals surface area contributed by atoms with E-state index in [1.165, 1.54) is 0 Å².